The summed E-state index contributed by atoms with van der Waals surface area (Å²) in [5, 5.41) is 3.95. The minimum absolute atomic E-state index is 0.276. The van der Waals surface area contributed by atoms with E-state index in [1.165, 1.54) is 4.90 Å². The second-order valence-electron chi connectivity index (χ2n) is 5.38. The number of alkyl halides is 3. The van der Waals surface area contributed by atoms with E-state index in [1.54, 1.807) is 0 Å². The molecule has 1 heterocycles. The van der Waals surface area contributed by atoms with Crippen molar-refractivity contribution in [3.05, 3.63) is 33.3 Å². The molecule has 0 radical (unpaired) electrons. The van der Waals surface area contributed by atoms with E-state index < -0.39 is 12.7 Å². The average molecular weight is 386 g/mol. The highest BCUT2D eigenvalue weighted by atomic mass is 79.9. The molecule has 2 nitrogen and oxygen atoms in total. The molecule has 1 aromatic carbocycles. The van der Waals surface area contributed by atoms with E-state index in [9.17, 15) is 13.2 Å². The molecule has 1 aromatic rings. The second-order valence-corrected chi connectivity index (χ2v) is 6.65. The Morgan fingerprint density at radius 2 is 2.14 bits per heavy atom. The predicted octanol–water partition coefficient (Wildman–Crippen LogP) is 4.08. The van der Waals surface area contributed by atoms with Gasteiger partial charge in [-0.05, 0) is 59.1 Å². The Balaban J connectivity index is 1.71. The smallest absolute Gasteiger partial charge is 0.312 e. The highest BCUT2D eigenvalue weighted by Crippen LogP contribution is 2.24. The summed E-state index contributed by atoms with van der Waals surface area (Å²) in [6.45, 7) is 1.63. The van der Waals surface area contributed by atoms with E-state index in [1.807, 2.05) is 18.2 Å². The molecule has 118 valence electrons. The fourth-order valence-electron chi connectivity index (χ4n) is 2.55. The number of nitrogens with zero attached hydrogens (tertiary/aromatic N) is 1. The maximum absolute atomic E-state index is 12.3. The van der Waals surface area contributed by atoms with Gasteiger partial charge in [-0.3, -0.25) is 4.90 Å². The molecular weight excluding hydrogens is 369 g/mol. The lowest BCUT2D eigenvalue weighted by atomic mass is 10.1. The van der Waals surface area contributed by atoms with Gasteiger partial charge >= 0.3 is 6.18 Å². The molecule has 0 bridgehead atoms. The zero-order chi connectivity index (χ0) is 15.5. The van der Waals surface area contributed by atoms with Crippen LogP contribution >= 0.6 is 27.5 Å². The molecule has 0 amide bonds. The summed E-state index contributed by atoms with van der Waals surface area (Å²) in [6.07, 6.45) is -3.29. The fourth-order valence-corrected chi connectivity index (χ4v) is 3.00. The van der Waals surface area contributed by atoms with E-state index in [-0.39, 0.29) is 5.92 Å². The van der Waals surface area contributed by atoms with Crippen molar-refractivity contribution in [3.63, 3.8) is 0 Å². The summed E-state index contributed by atoms with van der Waals surface area (Å²) < 4.78 is 37.8. The quantitative estimate of drug-likeness (QED) is 0.822. The van der Waals surface area contributed by atoms with Crippen molar-refractivity contribution in [2.45, 2.75) is 19.1 Å². The SMILES string of the molecule is FC(F)(F)CN1CCC(CNCc2ccc(Br)c(Cl)c2)C1. The summed E-state index contributed by atoms with van der Waals surface area (Å²) >= 11 is 9.34. The number of benzene rings is 1. The van der Waals surface area contributed by atoms with Crippen molar-refractivity contribution in [3.8, 4) is 0 Å². The van der Waals surface area contributed by atoms with Gasteiger partial charge in [-0.15, -0.1) is 0 Å². The van der Waals surface area contributed by atoms with Crippen LogP contribution < -0.4 is 5.32 Å². The van der Waals surface area contributed by atoms with Crippen LogP contribution in [0.5, 0.6) is 0 Å². The zero-order valence-corrected chi connectivity index (χ0v) is 13.7. The van der Waals surface area contributed by atoms with E-state index >= 15 is 0 Å². The number of hydrogen-bond donors (Lipinski definition) is 1. The van der Waals surface area contributed by atoms with Gasteiger partial charge in [-0.25, -0.2) is 0 Å². The van der Waals surface area contributed by atoms with Crippen molar-refractivity contribution in [1.82, 2.24) is 10.2 Å². The minimum atomic E-state index is -4.10. The van der Waals surface area contributed by atoms with E-state index in [4.69, 9.17) is 11.6 Å². The largest absolute Gasteiger partial charge is 0.401 e. The van der Waals surface area contributed by atoms with Crippen LogP contribution in [-0.2, 0) is 6.54 Å². The van der Waals surface area contributed by atoms with E-state index in [0.29, 0.717) is 24.7 Å². The third-order valence-electron chi connectivity index (χ3n) is 3.52. The highest BCUT2D eigenvalue weighted by molar-refractivity contribution is 9.10. The number of rotatable bonds is 5. The number of nitrogens with one attached hydrogen (secondary N) is 1. The maximum atomic E-state index is 12.3. The lowest BCUT2D eigenvalue weighted by molar-refractivity contribution is -0.143. The molecule has 1 N–H and O–H groups in total. The summed E-state index contributed by atoms with van der Waals surface area (Å²) in [7, 11) is 0. The average Bonchev–Trinajstić information content (AvgIpc) is 2.79. The molecule has 2 rings (SSSR count). The minimum Gasteiger partial charge on any atom is -0.312 e. The third kappa shape index (κ3) is 5.77. The lowest BCUT2D eigenvalue weighted by Gasteiger charge is -2.18. The Morgan fingerprint density at radius 3 is 2.81 bits per heavy atom. The van der Waals surface area contributed by atoms with Gasteiger partial charge in [-0.2, -0.15) is 13.2 Å². The molecule has 21 heavy (non-hydrogen) atoms. The molecule has 1 saturated heterocycles. The van der Waals surface area contributed by atoms with Gasteiger partial charge < -0.3 is 5.32 Å². The predicted molar refractivity (Wildman–Crippen MR) is 81.5 cm³/mol. The molecule has 1 unspecified atom stereocenters. The fraction of sp³-hybridized carbons (Fsp3) is 0.571. The Hall–Kier alpha value is -0.300. The standard InChI is InChI=1S/C14H17BrClF3N2/c15-12-2-1-10(5-13(12)16)6-20-7-11-3-4-21(8-11)9-14(17,18)19/h1-2,5,11,20H,3-4,6-9H2. The van der Waals surface area contributed by atoms with Crippen LogP contribution in [0, 0.1) is 5.92 Å². The Morgan fingerprint density at radius 1 is 1.38 bits per heavy atom. The molecule has 1 fully saturated rings. The summed E-state index contributed by atoms with van der Waals surface area (Å²) in [5.74, 6) is 0.276. The van der Waals surface area contributed by atoms with E-state index in [2.05, 4.69) is 21.2 Å². The summed E-state index contributed by atoms with van der Waals surface area (Å²) in [6, 6.07) is 5.73. The molecule has 0 aromatic heterocycles. The van der Waals surface area contributed by atoms with Gasteiger partial charge in [-0.1, -0.05) is 17.7 Å². The molecule has 0 aliphatic carbocycles. The molecule has 7 heteroatoms. The first-order valence-electron chi connectivity index (χ1n) is 6.77. The third-order valence-corrected chi connectivity index (χ3v) is 4.75. The van der Waals surface area contributed by atoms with Crippen molar-refractivity contribution in [2.75, 3.05) is 26.2 Å². The van der Waals surface area contributed by atoms with Gasteiger partial charge in [0.25, 0.3) is 0 Å². The topological polar surface area (TPSA) is 15.3 Å². The zero-order valence-electron chi connectivity index (χ0n) is 11.4. The van der Waals surface area contributed by atoms with Crippen LogP contribution in [-0.4, -0.2) is 37.3 Å². The first-order chi connectivity index (χ1) is 9.83. The maximum Gasteiger partial charge on any atom is 0.401 e. The van der Waals surface area contributed by atoms with Crippen LogP contribution in [0.4, 0.5) is 13.2 Å². The van der Waals surface area contributed by atoms with Crippen LogP contribution in [0.2, 0.25) is 5.02 Å². The van der Waals surface area contributed by atoms with Gasteiger partial charge in [0, 0.05) is 17.6 Å². The van der Waals surface area contributed by atoms with Gasteiger partial charge in [0.05, 0.1) is 11.6 Å². The van der Waals surface area contributed by atoms with Crippen molar-refractivity contribution in [1.29, 1.82) is 0 Å². The normalized spacial score (nSPS) is 20.1. The highest BCUT2D eigenvalue weighted by Gasteiger charge is 2.34. The number of hydrogen-bond acceptors (Lipinski definition) is 2. The number of halogens is 5. The first kappa shape index (κ1) is 17.1. The lowest BCUT2D eigenvalue weighted by Crippen LogP contribution is -2.33. The van der Waals surface area contributed by atoms with E-state index in [0.717, 1.165) is 23.0 Å². The molecular formula is C14H17BrClF3N2. The Kier molecular flexibility index (Phi) is 5.94. The van der Waals surface area contributed by atoms with Crippen molar-refractivity contribution < 1.29 is 13.2 Å². The van der Waals surface area contributed by atoms with Gasteiger partial charge in [0.2, 0.25) is 0 Å². The molecule has 1 aliphatic rings. The van der Waals surface area contributed by atoms with Crippen molar-refractivity contribution >= 4 is 27.5 Å². The molecule has 0 saturated carbocycles. The monoisotopic (exact) mass is 384 g/mol. The molecule has 0 spiro atoms. The molecule has 1 aliphatic heterocycles. The van der Waals surface area contributed by atoms with Crippen LogP contribution in [0.1, 0.15) is 12.0 Å². The van der Waals surface area contributed by atoms with Gasteiger partial charge in [0.1, 0.15) is 0 Å². The number of likely N-dealkylation sites (tertiary alicyclic amines) is 1. The summed E-state index contributed by atoms with van der Waals surface area (Å²) in [4.78, 5) is 1.48. The van der Waals surface area contributed by atoms with Crippen LogP contribution in [0.15, 0.2) is 22.7 Å². The van der Waals surface area contributed by atoms with Crippen LogP contribution in [0.25, 0.3) is 0 Å². The second kappa shape index (κ2) is 7.31. The van der Waals surface area contributed by atoms with Gasteiger partial charge in [0.15, 0.2) is 0 Å². The summed E-state index contributed by atoms with van der Waals surface area (Å²) in [5.41, 5.74) is 1.06. The Labute approximate surface area is 135 Å². The molecule has 1 atom stereocenters. The van der Waals surface area contributed by atoms with Crippen molar-refractivity contribution in [2.24, 2.45) is 5.92 Å². The first-order valence-corrected chi connectivity index (χ1v) is 7.94. The van der Waals surface area contributed by atoms with Crippen LogP contribution in [0.3, 0.4) is 0 Å². The Bertz CT molecular complexity index is 482.